The molecule has 4 aromatic rings. The Hall–Kier alpha value is -4.78. The Morgan fingerprint density at radius 3 is 2.34 bits per heavy atom. The van der Waals surface area contributed by atoms with Crippen molar-refractivity contribution in [3.63, 3.8) is 0 Å². The standard InChI is InChI=1S/C31H26N2O5/c1-32(2)21-12-10-20(11-13-21)28-27(29(34)24-9-5-7-19-6-3-4-8-23(19)24)30(35)31(36)33(28)22-14-15-25-26(18-22)38-17-16-37-25/h3-15,18,28,34H,16-17H2,1-2H3/b29-27+. The molecular formula is C31H26N2O5. The van der Waals surface area contributed by atoms with Gasteiger partial charge in [0.15, 0.2) is 11.5 Å². The predicted octanol–water partition coefficient (Wildman–Crippen LogP) is 5.30. The molecule has 7 nitrogen and oxygen atoms in total. The van der Waals surface area contributed by atoms with Crippen molar-refractivity contribution >= 4 is 39.6 Å². The minimum atomic E-state index is -0.840. The van der Waals surface area contributed by atoms with Gasteiger partial charge in [-0.2, -0.15) is 0 Å². The zero-order valence-electron chi connectivity index (χ0n) is 21.0. The van der Waals surface area contributed by atoms with Gasteiger partial charge in [0.2, 0.25) is 0 Å². The summed E-state index contributed by atoms with van der Waals surface area (Å²) in [6, 6.07) is 25.1. The SMILES string of the molecule is CN(C)c1ccc(C2/C(=C(\O)c3cccc4ccccc34)C(=O)C(=O)N2c2ccc3c(c2)OCCO3)cc1. The molecule has 2 aliphatic heterocycles. The maximum atomic E-state index is 13.6. The number of hydrogen-bond acceptors (Lipinski definition) is 6. The third-order valence-electron chi connectivity index (χ3n) is 7.02. The van der Waals surface area contributed by atoms with Crippen LogP contribution in [0.25, 0.3) is 16.5 Å². The minimum absolute atomic E-state index is 0.0406. The van der Waals surface area contributed by atoms with Crippen LogP contribution in [-0.4, -0.2) is 44.1 Å². The quantitative estimate of drug-likeness (QED) is 0.230. The number of anilines is 2. The highest BCUT2D eigenvalue weighted by Crippen LogP contribution is 2.45. The van der Waals surface area contributed by atoms with Crippen LogP contribution >= 0.6 is 0 Å². The zero-order chi connectivity index (χ0) is 26.4. The molecule has 7 heteroatoms. The number of Topliss-reactive ketones (excluding diaryl/α,β-unsaturated/α-hetero) is 1. The third kappa shape index (κ3) is 3.84. The molecule has 1 unspecified atom stereocenters. The Morgan fingerprint density at radius 2 is 1.58 bits per heavy atom. The van der Waals surface area contributed by atoms with Crippen molar-refractivity contribution in [2.45, 2.75) is 6.04 Å². The summed E-state index contributed by atoms with van der Waals surface area (Å²) in [4.78, 5) is 30.6. The number of aliphatic hydroxyl groups excluding tert-OH is 1. The van der Waals surface area contributed by atoms with Crippen LogP contribution in [0, 0.1) is 0 Å². The van der Waals surface area contributed by atoms with Gasteiger partial charge >= 0.3 is 0 Å². The third-order valence-corrected chi connectivity index (χ3v) is 7.02. The average Bonchev–Trinajstić information content (AvgIpc) is 3.22. The average molecular weight is 507 g/mol. The van der Waals surface area contributed by atoms with E-state index >= 15 is 0 Å². The Labute approximate surface area is 220 Å². The van der Waals surface area contributed by atoms with E-state index in [1.807, 2.05) is 79.7 Å². The Bertz CT molecular complexity index is 1600. The molecule has 190 valence electrons. The molecule has 0 aliphatic carbocycles. The van der Waals surface area contributed by atoms with Crippen LogP contribution in [0.3, 0.4) is 0 Å². The number of carbonyl (C=O) groups excluding carboxylic acids is 2. The molecular weight excluding hydrogens is 480 g/mol. The fourth-order valence-corrected chi connectivity index (χ4v) is 5.13. The molecule has 38 heavy (non-hydrogen) atoms. The summed E-state index contributed by atoms with van der Waals surface area (Å²) in [5.74, 6) is -0.579. The van der Waals surface area contributed by atoms with Gasteiger partial charge in [0, 0.05) is 37.1 Å². The zero-order valence-corrected chi connectivity index (χ0v) is 21.0. The lowest BCUT2D eigenvalue weighted by Gasteiger charge is -2.27. The summed E-state index contributed by atoms with van der Waals surface area (Å²) in [5.41, 5.74) is 2.69. The van der Waals surface area contributed by atoms with E-state index in [1.54, 1.807) is 24.3 Å². The first kappa shape index (κ1) is 23.6. The van der Waals surface area contributed by atoms with Gasteiger partial charge in [-0.15, -0.1) is 0 Å². The van der Waals surface area contributed by atoms with Gasteiger partial charge in [-0.1, -0.05) is 54.6 Å². The number of aliphatic hydroxyl groups is 1. The lowest BCUT2D eigenvalue weighted by molar-refractivity contribution is -0.132. The summed E-state index contributed by atoms with van der Waals surface area (Å²) < 4.78 is 11.4. The van der Waals surface area contributed by atoms with Crippen LogP contribution in [0.5, 0.6) is 11.5 Å². The molecule has 1 amide bonds. The van der Waals surface area contributed by atoms with Crippen molar-refractivity contribution in [2.75, 3.05) is 37.1 Å². The first-order valence-electron chi connectivity index (χ1n) is 12.4. The number of hydrogen-bond donors (Lipinski definition) is 1. The Morgan fingerprint density at radius 1 is 0.868 bits per heavy atom. The van der Waals surface area contributed by atoms with E-state index in [0.29, 0.717) is 41.5 Å². The molecule has 1 atom stereocenters. The second-order valence-corrected chi connectivity index (χ2v) is 9.51. The molecule has 1 saturated heterocycles. The molecule has 4 aromatic carbocycles. The predicted molar refractivity (Wildman–Crippen MR) is 147 cm³/mol. The highest BCUT2D eigenvalue weighted by molar-refractivity contribution is 6.51. The van der Waals surface area contributed by atoms with Crippen LogP contribution < -0.4 is 19.3 Å². The summed E-state index contributed by atoms with van der Waals surface area (Å²) >= 11 is 0. The van der Waals surface area contributed by atoms with Crippen molar-refractivity contribution in [2.24, 2.45) is 0 Å². The number of rotatable bonds is 4. The summed E-state index contributed by atoms with van der Waals surface area (Å²) in [6.07, 6.45) is 0. The largest absolute Gasteiger partial charge is 0.507 e. The number of benzene rings is 4. The topological polar surface area (TPSA) is 79.3 Å². The van der Waals surface area contributed by atoms with Crippen molar-refractivity contribution in [1.29, 1.82) is 0 Å². The molecule has 1 N–H and O–H groups in total. The van der Waals surface area contributed by atoms with E-state index in [-0.39, 0.29) is 11.3 Å². The lowest BCUT2D eigenvalue weighted by Crippen LogP contribution is -2.29. The van der Waals surface area contributed by atoms with E-state index in [4.69, 9.17) is 9.47 Å². The minimum Gasteiger partial charge on any atom is -0.507 e. The molecule has 1 fully saturated rings. The van der Waals surface area contributed by atoms with Gasteiger partial charge < -0.3 is 19.5 Å². The molecule has 0 aromatic heterocycles. The number of carbonyl (C=O) groups is 2. The number of ether oxygens (including phenoxy) is 2. The van der Waals surface area contributed by atoms with E-state index in [2.05, 4.69) is 0 Å². The van der Waals surface area contributed by atoms with Gasteiger partial charge in [-0.3, -0.25) is 14.5 Å². The van der Waals surface area contributed by atoms with Gasteiger partial charge in [0.1, 0.15) is 19.0 Å². The fraction of sp³-hybridized carbons (Fsp3) is 0.161. The van der Waals surface area contributed by atoms with Crippen LogP contribution in [0.15, 0.2) is 90.5 Å². The molecule has 0 bridgehead atoms. The molecule has 2 heterocycles. The molecule has 0 radical (unpaired) electrons. The van der Waals surface area contributed by atoms with E-state index in [9.17, 15) is 14.7 Å². The van der Waals surface area contributed by atoms with Crippen LogP contribution in [0.1, 0.15) is 17.2 Å². The van der Waals surface area contributed by atoms with Gasteiger partial charge in [-0.25, -0.2) is 0 Å². The highest BCUT2D eigenvalue weighted by atomic mass is 16.6. The number of amides is 1. The molecule has 2 aliphatic rings. The normalized spacial score (nSPS) is 18.2. The Balaban J connectivity index is 1.56. The molecule has 0 saturated carbocycles. The second kappa shape index (κ2) is 9.27. The van der Waals surface area contributed by atoms with Crippen LogP contribution in [-0.2, 0) is 9.59 Å². The lowest BCUT2D eigenvalue weighted by atomic mass is 9.93. The highest BCUT2D eigenvalue weighted by Gasteiger charge is 2.47. The van der Waals surface area contributed by atoms with Crippen molar-refractivity contribution in [3.05, 3.63) is 102 Å². The summed E-state index contributed by atoms with van der Waals surface area (Å²) in [5, 5.41) is 13.4. The number of ketones is 1. The smallest absolute Gasteiger partial charge is 0.300 e. The van der Waals surface area contributed by atoms with Gasteiger partial charge in [0.05, 0.1) is 11.6 Å². The van der Waals surface area contributed by atoms with Crippen molar-refractivity contribution < 1.29 is 24.2 Å². The number of fused-ring (bicyclic) bond motifs is 2. The first-order valence-corrected chi connectivity index (χ1v) is 12.4. The van der Waals surface area contributed by atoms with Gasteiger partial charge in [0.25, 0.3) is 11.7 Å². The van der Waals surface area contributed by atoms with Crippen LogP contribution in [0.4, 0.5) is 11.4 Å². The molecule has 0 spiro atoms. The number of nitrogens with zero attached hydrogens (tertiary/aromatic N) is 2. The van der Waals surface area contributed by atoms with E-state index in [1.165, 1.54) is 4.90 Å². The fourth-order valence-electron chi connectivity index (χ4n) is 5.13. The maximum absolute atomic E-state index is 13.6. The van der Waals surface area contributed by atoms with Gasteiger partial charge in [-0.05, 0) is 40.6 Å². The van der Waals surface area contributed by atoms with Crippen molar-refractivity contribution in [1.82, 2.24) is 0 Å². The second-order valence-electron chi connectivity index (χ2n) is 9.51. The summed E-state index contributed by atoms with van der Waals surface area (Å²) in [6.45, 7) is 0.839. The van der Waals surface area contributed by atoms with E-state index < -0.39 is 17.7 Å². The Kier molecular flexibility index (Phi) is 5.76. The first-order chi connectivity index (χ1) is 18.4. The molecule has 6 rings (SSSR count). The van der Waals surface area contributed by atoms with Crippen LogP contribution in [0.2, 0.25) is 0 Å². The summed E-state index contributed by atoms with van der Waals surface area (Å²) in [7, 11) is 3.88. The van der Waals surface area contributed by atoms with E-state index in [0.717, 1.165) is 16.5 Å². The monoisotopic (exact) mass is 506 g/mol. The maximum Gasteiger partial charge on any atom is 0.300 e. The van der Waals surface area contributed by atoms with Crippen molar-refractivity contribution in [3.8, 4) is 11.5 Å².